The van der Waals surface area contributed by atoms with Crippen LogP contribution in [-0.2, 0) is 5.41 Å². The van der Waals surface area contributed by atoms with Crippen molar-refractivity contribution in [2.45, 2.75) is 26.2 Å². The van der Waals surface area contributed by atoms with Crippen molar-refractivity contribution in [1.82, 2.24) is 4.98 Å². The van der Waals surface area contributed by atoms with Crippen LogP contribution in [0.1, 0.15) is 26.5 Å². The second-order valence-electron chi connectivity index (χ2n) is 4.76. The molecule has 1 nitrogen and oxygen atoms in total. The molecule has 0 aliphatic rings. The predicted molar refractivity (Wildman–Crippen MR) is 65.5 cm³/mol. The second kappa shape index (κ2) is 3.49. The molecule has 0 radical (unpaired) electrons. The zero-order valence-corrected chi connectivity index (χ0v) is 9.97. The molecule has 0 saturated heterocycles. The number of aromatic nitrogens is 1. The second-order valence-corrected chi connectivity index (χ2v) is 5.16. The molecule has 15 heavy (non-hydrogen) atoms. The molecule has 0 aliphatic heterocycles. The number of benzene rings is 1. The number of rotatable bonds is 0. The van der Waals surface area contributed by atoms with Gasteiger partial charge in [0.2, 0.25) is 0 Å². The van der Waals surface area contributed by atoms with E-state index in [0.29, 0.717) is 0 Å². The topological polar surface area (TPSA) is 12.9 Å². The van der Waals surface area contributed by atoms with E-state index >= 15 is 0 Å². The van der Waals surface area contributed by atoms with Gasteiger partial charge in [0.05, 0.1) is 10.5 Å². The Balaban J connectivity index is 2.73. The van der Waals surface area contributed by atoms with Crippen molar-refractivity contribution in [3.63, 3.8) is 0 Å². The molecule has 2 heteroatoms. The Labute approximate surface area is 95.1 Å². The highest BCUT2D eigenvalue weighted by atomic mass is 35.5. The summed E-state index contributed by atoms with van der Waals surface area (Å²) in [6.07, 6.45) is 0. The number of pyridine rings is 1. The Hall–Kier alpha value is -1.08. The highest BCUT2D eigenvalue weighted by molar-refractivity contribution is 6.35. The third kappa shape index (κ3) is 1.98. The molecule has 0 fully saturated rings. The van der Waals surface area contributed by atoms with Gasteiger partial charge in [-0.15, -0.1) is 0 Å². The van der Waals surface area contributed by atoms with E-state index in [0.717, 1.165) is 21.6 Å². The van der Waals surface area contributed by atoms with Crippen LogP contribution in [0.4, 0.5) is 0 Å². The van der Waals surface area contributed by atoms with Gasteiger partial charge in [-0.2, -0.15) is 0 Å². The van der Waals surface area contributed by atoms with Crippen LogP contribution in [0.25, 0.3) is 10.9 Å². The van der Waals surface area contributed by atoms with E-state index in [-0.39, 0.29) is 5.41 Å². The summed E-state index contributed by atoms with van der Waals surface area (Å²) in [5, 5.41) is 1.80. The monoisotopic (exact) mass is 219 g/mol. The molecule has 0 aliphatic carbocycles. The summed E-state index contributed by atoms with van der Waals surface area (Å²) >= 11 is 6.23. The van der Waals surface area contributed by atoms with Crippen molar-refractivity contribution in [3.8, 4) is 0 Å². The van der Waals surface area contributed by atoms with Crippen LogP contribution in [0.2, 0.25) is 5.02 Å². The van der Waals surface area contributed by atoms with Gasteiger partial charge in [0.1, 0.15) is 0 Å². The normalized spacial score (nSPS) is 12.0. The van der Waals surface area contributed by atoms with E-state index in [1.54, 1.807) is 0 Å². The zero-order chi connectivity index (χ0) is 11.1. The summed E-state index contributed by atoms with van der Waals surface area (Å²) < 4.78 is 0. The van der Waals surface area contributed by atoms with Crippen LogP contribution >= 0.6 is 11.6 Å². The van der Waals surface area contributed by atoms with E-state index < -0.39 is 0 Å². The first-order valence-electron chi connectivity index (χ1n) is 5.04. The molecule has 1 heterocycles. The smallest absolute Gasteiger partial charge is 0.0720 e. The van der Waals surface area contributed by atoms with E-state index in [1.807, 2.05) is 30.3 Å². The molecule has 2 rings (SSSR count). The third-order valence-corrected chi connectivity index (χ3v) is 2.75. The van der Waals surface area contributed by atoms with E-state index in [2.05, 4.69) is 25.8 Å². The van der Waals surface area contributed by atoms with Gasteiger partial charge in [-0.05, 0) is 12.1 Å². The first-order valence-corrected chi connectivity index (χ1v) is 5.42. The van der Waals surface area contributed by atoms with Crippen molar-refractivity contribution in [1.29, 1.82) is 0 Å². The Morgan fingerprint density at radius 1 is 1.13 bits per heavy atom. The maximum atomic E-state index is 6.23. The van der Waals surface area contributed by atoms with E-state index in [9.17, 15) is 0 Å². The van der Waals surface area contributed by atoms with Crippen molar-refractivity contribution < 1.29 is 0 Å². The van der Waals surface area contributed by atoms with Gasteiger partial charge < -0.3 is 0 Å². The lowest BCUT2D eigenvalue weighted by Crippen LogP contribution is -2.13. The summed E-state index contributed by atoms with van der Waals surface area (Å²) in [5.74, 6) is 0. The molecule has 0 saturated carbocycles. The van der Waals surface area contributed by atoms with Crippen LogP contribution in [-0.4, -0.2) is 4.98 Å². The fraction of sp³-hybridized carbons (Fsp3) is 0.308. The number of hydrogen-bond donors (Lipinski definition) is 0. The summed E-state index contributed by atoms with van der Waals surface area (Å²) in [5.41, 5.74) is 2.04. The van der Waals surface area contributed by atoms with Crippen molar-refractivity contribution in [3.05, 3.63) is 41.0 Å². The highest BCUT2D eigenvalue weighted by Crippen LogP contribution is 2.28. The lowest BCUT2D eigenvalue weighted by atomic mass is 9.91. The zero-order valence-electron chi connectivity index (χ0n) is 9.21. The maximum Gasteiger partial charge on any atom is 0.0720 e. The van der Waals surface area contributed by atoms with Gasteiger partial charge in [-0.3, -0.25) is 4.98 Å². The van der Waals surface area contributed by atoms with Crippen molar-refractivity contribution in [2.75, 3.05) is 0 Å². The molecule has 1 aromatic heterocycles. The Morgan fingerprint density at radius 2 is 1.80 bits per heavy atom. The molecule has 0 bridgehead atoms. The van der Waals surface area contributed by atoms with E-state index in [1.165, 1.54) is 0 Å². The first-order chi connectivity index (χ1) is 6.98. The Kier molecular flexibility index (Phi) is 2.43. The fourth-order valence-electron chi connectivity index (χ4n) is 1.52. The van der Waals surface area contributed by atoms with Gasteiger partial charge in [-0.1, -0.05) is 50.6 Å². The van der Waals surface area contributed by atoms with Gasteiger partial charge >= 0.3 is 0 Å². The van der Waals surface area contributed by atoms with Crippen LogP contribution in [0.3, 0.4) is 0 Å². The molecule has 78 valence electrons. The van der Waals surface area contributed by atoms with Gasteiger partial charge in [-0.25, -0.2) is 0 Å². The van der Waals surface area contributed by atoms with Crippen molar-refractivity contribution in [2.24, 2.45) is 0 Å². The first kappa shape index (κ1) is 10.4. The van der Waals surface area contributed by atoms with Gasteiger partial charge in [0, 0.05) is 16.5 Å². The average Bonchev–Trinajstić information content (AvgIpc) is 2.16. The van der Waals surface area contributed by atoms with Crippen LogP contribution < -0.4 is 0 Å². The summed E-state index contributed by atoms with van der Waals surface area (Å²) in [6.45, 7) is 6.42. The van der Waals surface area contributed by atoms with Crippen LogP contribution in [0, 0.1) is 0 Å². The minimum Gasteiger partial charge on any atom is -0.252 e. The fourth-order valence-corrected chi connectivity index (χ4v) is 1.78. The molecule has 0 spiro atoms. The maximum absolute atomic E-state index is 6.23. The number of halogens is 1. The van der Waals surface area contributed by atoms with Gasteiger partial charge in [0.15, 0.2) is 0 Å². The summed E-state index contributed by atoms with van der Waals surface area (Å²) in [4.78, 5) is 4.62. The number of nitrogens with zero attached hydrogens (tertiary/aromatic N) is 1. The SMILES string of the molecule is CC(C)(C)c1cc(Cl)c2ccccc2n1. The minimum absolute atomic E-state index is 0.0354. The largest absolute Gasteiger partial charge is 0.252 e. The molecule has 0 unspecified atom stereocenters. The predicted octanol–water partition coefficient (Wildman–Crippen LogP) is 4.19. The lowest BCUT2D eigenvalue weighted by molar-refractivity contribution is 0.571. The number of hydrogen-bond acceptors (Lipinski definition) is 1. The standard InChI is InChI=1S/C13H14ClN/c1-13(2,3)12-8-10(14)9-6-4-5-7-11(9)15-12/h4-8H,1-3H3. The lowest BCUT2D eigenvalue weighted by Gasteiger charge is -2.18. The molecule has 0 N–H and O–H groups in total. The number of para-hydroxylation sites is 1. The minimum atomic E-state index is 0.0354. The summed E-state index contributed by atoms with van der Waals surface area (Å²) in [6, 6.07) is 9.92. The van der Waals surface area contributed by atoms with Gasteiger partial charge in [0.25, 0.3) is 0 Å². The third-order valence-electron chi connectivity index (χ3n) is 2.43. The Bertz CT molecular complexity index is 497. The average molecular weight is 220 g/mol. The molecular formula is C13H14ClN. The molecule has 1 aromatic carbocycles. The Morgan fingerprint density at radius 3 is 2.47 bits per heavy atom. The molecular weight excluding hydrogens is 206 g/mol. The van der Waals surface area contributed by atoms with Crippen LogP contribution in [0.5, 0.6) is 0 Å². The highest BCUT2D eigenvalue weighted by Gasteiger charge is 2.16. The molecule has 0 atom stereocenters. The quantitative estimate of drug-likeness (QED) is 0.648. The number of fused-ring (bicyclic) bond motifs is 1. The molecule has 2 aromatic rings. The summed E-state index contributed by atoms with van der Waals surface area (Å²) in [7, 11) is 0. The van der Waals surface area contributed by atoms with Crippen molar-refractivity contribution >= 4 is 22.5 Å². The van der Waals surface area contributed by atoms with Crippen LogP contribution in [0.15, 0.2) is 30.3 Å². The van der Waals surface area contributed by atoms with E-state index in [4.69, 9.17) is 11.6 Å². The molecule has 0 amide bonds.